The van der Waals surface area contributed by atoms with Crippen molar-refractivity contribution in [1.29, 1.82) is 0 Å². The third-order valence-corrected chi connectivity index (χ3v) is 7.93. The molecule has 5 heteroatoms. The monoisotopic (exact) mass is 730 g/mol. The number of rotatable bonds is 5. The predicted molar refractivity (Wildman–Crippen MR) is 166 cm³/mol. The average molecular weight is 730 g/mol. The van der Waals surface area contributed by atoms with E-state index in [2.05, 4.69) is 68.7 Å². The van der Waals surface area contributed by atoms with Crippen LogP contribution in [-0.2, 0) is 20.1 Å². The molecule has 0 unspecified atom stereocenters. The third kappa shape index (κ3) is 4.48. The molecule has 5 aromatic carbocycles. The second-order valence-electron chi connectivity index (χ2n) is 11.2. The summed E-state index contributed by atoms with van der Waals surface area (Å²) in [6, 6.07) is 35.2. The molecule has 0 saturated carbocycles. The Morgan fingerprint density at radius 1 is 0.810 bits per heavy atom. The zero-order valence-electron chi connectivity index (χ0n) is 23.9. The van der Waals surface area contributed by atoms with Gasteiger partial charge in [-0.05, 0) is 52.3 Å². The summed E-state index contributed by atoms with van der Waals surface area (Å²) in [5.74, 6) is 1.04. The van der Waals surface area contributed by atoms with Crippen LogP contribution in [0, 0.1) is 11.9 Å². The Labute approximate surface area is 258 Å². The van der Waals surface area contributed by atoms with E-state index in [9.17, 15) is 4.39 Å². The van der Waals surface area contributed by atoms with Crippen LogP contribution in [0.1, 0.15) is 50.7 Å². The molecule has 0 bridgehead atoms. The number of hydrogen-bond acceptors (Lipinski definition) is 2. The zero-order chi connectivity index (χ0) is 28.2. The summed E-state index contributed by atoms with van der Waals surface area (Å²) < 4.78 is 23.7. The van der Waals surface area contributed by atoms with Crippen molar-refractivity contribution in [3.05, 3.63) is 120 Å². The molecular formula is C37H30FIrN2O-. The Hall–Kier alpha value is -4.05. The zero-order valence-corrected chi connectivity index (χ0v) is 26.3. The number of imidazole rings is 1. The number of fused-ring (bicyclic) bond motifs is 4. The first-order chi connectivity index (χ1) is 19.9. The van der Waals surface area contributed by atoms with Crippen LogP contribution in [0.2, 0.25) is 0 Å². The van der Waals surface area contributed by atoms with Crippen LogP contribution in [0.15, 0.2) is 101 Å². The topological polar surface area (TPSA) is 31.0 Å². The van der Waals surface area contributed by atoms with Gasteiger partial charge in [0.25, 0.3) is 0 Å². The van der Waals surface area contributed by atoms with Crippen molar-refractivity contribution < 1.29 is 28.9 Å². The normalized spacial score (nSPS) is 11.7. The van der Waals surface area contributed by atoms with Crippen LogP contribution < -0.4 is 0 Å². The Morgan fingerprint density at radius 2 is 1.50 bits per heavy atom. The summed E-state index contributed by atoms with van der Waals surface area (Å²) in [5.41, 5.74) is 9.23. The van der Waals surface area contributed by atoms with Gasteiger partial charge in [0.05, 0.1) is 22.4 Å². The van der Waals surface area contributed by atoms with Crippen LogP contribution >= 0.6 is 0 Å². The van der Waals surface area contributed by atoms with Crippen LogP contribution in [0.4, 0.5) is 4.39 Å². The fraction of sp³-hybridized carbons (Fsp3) is 0.162. The van der Waals surface area contributed by atoms with Gasteiger partial charge in [0.15, 0.2) is 0 Å². The molecule has 0 aliphatic rings. The summed E-state index contributed by atoms with van der Waals surface area (Å²) >= 11 is 0. The Balaban J connectivity index is 0.00000316. The van der Waals surface area contributed by atoms with Crippen molar-refractivity contribution in [2.45, 2.75) is 39.5 Å². The number of furan rings is 1. The number of nitrogens with zero attached hydrogens (tertiary/aromatic N) is 2. The molecule has 0 atom stereocenters. The van der Waals surface area contributed by atoms with Gasteiger partial charge in [-0.2, -0.15) is 0 Å². The van der Waals surface area contributed by atoms with E-state index in [1.54, 1.807) is 6.07 Å². The summed E-state index contributed by atoms with van der Waals surface area (Å²) in [6.07, 6.45) is 0. The maximum absolute atomic E-state index is 14.9. The number of aromatic nitrogens is 2. The summed E-state index contributed by atoms with van der Waals surface area (Å²) in [5, 5.41) is 1.79. The summed E-state index contributed by atoms with van der Waals surface area (Å²) in [4.78, 5) is 5.18. The molecule has 0 aliphatic carbocycles. The van der Waals surface area contributed by atoms with Gasteiger partial charge in [-0.15, -0.1) is 18.2 Å². The molecule has 3 nitrogen and oxygen atoms in total. The Morgan fingerprint density at radius 3 is 2.21 bits per heavy atom. The van der Waals surface area contributed by atoms with E-state index in [1.165, 1.54) is 17.2 Å². The van der Waals surface area contributed by atoms with Crippen molar-refractivity contribution in [1.82, 2.24) is 9.55 Å². The summed E-state index contributed by atoms with van der Waals surface area (Å²) in [7, 11) is 0. The molecule has 0 amide bonds. The SMILES string of the molecule is CC(C)c1cccc(C(C)C)c1-n1c(-c2[c-]ccc3c2oc2cc(F)cc(-c4ccccc4)c23)nc2ccccc21.[Ir]. The molecule has 1 radical (unpaired) electrons. The second kappa shape index (κ2) is 11.0. The maximum atomic E-state index is 14.9. The van der Waals surface area contributed by atoms with Crippen molar-refractivity contribution >= 4 is 33.0 Å². The molecule has 0 fully saturated rings. The maximum Gasteiger partial charge on any atom is 0.127 e. The van der Waals surface area contributed by atoms with Crippen molar-refractivity contribution in [3.63, 3.8) is 0 Å². The molecule has 0 saturated heterocycles. The smallest absolute Gasteiger partial charge is 0.127 e. The van der Waals surface area contributed by atoms with Crippen LogP contribution in [0.25, 0.3) is 61.2 Å². The quantitative estimate of drug-likeness (QED) is 0.165. The van der Waals surface area contributed by atoms with Crippen molar-refractivity contribution in [3.8, 4) is 28.2 Å². The second-order valence-corrected chi connectivity index (χ2v) is 11.2. The first-order valence-corrected chi connectivity index (χ1v) is 14.1. The average Bonchev–Trinajstić information content (AvgIpc) is 3.55. The number of benzene rings is 5. The van der Waals surface area contributed by atoms with E-state index in [4.69, 9.17) is 9.40 Å². The molecule has 0 aliphatic heterocycles. The standard InChI is InChI=1S/C37H30FN2O.Ir/c1-22(2)26-14-10-15-27(23(3)4)35(26)40-32-19-9-8-18-31(32)39-37(40)29-17-11-16-28-34-30(24-12-6-5-7-13-24)20-25(38)21-33(34)41-36(28)29;/h5-16,18-23H,1-4H3;/q-1;. The van der Waals surface area contributed by atoms with E-state index in [0.29, 0.717) is 23.0 Å². The van der Waals surface area contributed by atoms with Crippen molar-refractivity contribution in [2.75, 3.05) is 0 Å². The van der Waals surface area contributed by atoms with Gasteiger partial charge in [-0.3, -0.25) is 4.98 Å². The number of hydrogen-bond donors (Lipinski definition) is 0. The van der Waals surface area contributed by atoms with E-state index < -0.39 is 0 Å². The minimum absolute atomic E-state index is 0. The molecule has 42 heavy (non-hydrogen) atoms. The van der Waals surface area contributed by atoms with Gasteiger partial charge < -0.3 is 8.98 Å². The fourth-order valence-electron chi connectivity index (χ4n) is 6.04. The molecule has 2 aromatic heterocycles. The third-order valence-electron chi connectivity index (χ3n) is 7.93. The minimum atomic E-state index is -0.333. The predicted octanol–water partition coefficient (Wildman–Crippen LogP) is 10.4. The van der Waals surface area contributed by atoms with Crippen LogP contribution in [-0.4, -0.2) is 9.55 Å². The van der Waals surface area contributed by atoms with Crippen LogP contribution in [0.3, 0.4) is 0 Å². The minimum Gasteiger partial charge on any atom is -0.500 e. The summed E-state index contributed by atoms with van der Waals surface area (Å²) in [6.45, 7) is 8.92. The largest absolute Gasteiger partial charge is 0.500 e. The molecule has 0 spiro atoms. The Bertz CT molecular complexity index is 2050. The molecule has 2 heterocycles. The number of para-hydroxylation sites is 3. The van der Waals surface area contributed by atoms with Gasteiger partial charge in [-0.25, -0.2) is 4.39 Å². The molecule has 7 rings (SSSR count). The van der Waals surface area contributed by atoms with E-state index in [1.807, 2.05) is 54.6 Å². The van der Waals surface area contributed by atoms with Crippen LogP contribution in [0.5, 0.6) is 0 Å². The van der Waals surface area contributed by atoms with Crippen molar-refractivity contribution in [2.24, 2.45) is 0 Å². The van der Waals surface area contributed by atoms with Gasteiger partial charge in [-0.1, -0.05) is 99.3 Å². The fourth-order valence-corrected chi connectivity index (χ4v) is 6.04. The molecule has 211 valence electrons. The number of halogens is 1. The molecule has 7 aromatic rings. The first-order valence-electron chi connectivity index (χ1n) is 14.1. The van der Waals surface area contributed by atoms with E-state index >= 15 is 0 Å². The van der Waals surface area contributed by atoms with Gasteiger partial charge in [0, 0.05) is 37.2 Å². The van der Waals surface area contributed by atoms with E-state index in [0.717, 1.165) is 50.0 Å². The van der Waals surface area contributed by atoms with Gasteiger partial charge >= 0.3 is 0 Å². The van der Waals surface area contributed by atoms with Gasteiger partial charge in [0.2, 0.25) is 0 Å². The molecular weight excluding hydrogens is 700 g/mol. The molecule has 0 N–H and O–H groups in total. The van der Waals surface area contributed by atoms with E-state index in [-0.39, 0.29) is 25.9 Å². The first kappa shape index (κ1) is 28.1. The van der Waals surface area contributed by atoms with Gasteiger partial charge in [0.1, 0.15) is 11.4 Å². The Kier molecular flexibility index (Phi) is 7.34.